The molecule has 2 heterocycles. The van der Waals surface area contributed by atoms with Crippen LogP contribution in [0.1, 0.15) is 11.7 Å². The molecule has 3 rings (SSSR count). The van der Waals surface area contributed by atoms with Gasteiger partial charge in [-0.1, -0.05) is 6.07 Å². The van der Waals surface area contributed by atoms with Crippen LogP contribution in [0, 0.1) is 11.8 Å². The maximum atomic E-state index is 11.5. The van der Waals surface area contributed by atoms with E-state index in [1.807, 2.05) is 18.2 Å². The highest BCUT2D eigenvalue weighted by Gasteiger charge is 2.48. The fourth-order valence-corrected chi connectivity index (χ4v) is 2.77. The van der Waals surface area contributed by atoms with Crippen LogP contribution < -0.4 is 9.47 Å². The highest BCUT2D eigenvalue weighted by molar-refractivity contribution is 5.75. The molecule has 0 unspecified atom stereocenters. The van der Waals surface area contributed by atoms with Crippen molar-refractivity contribution in [2.45, 2.75) is 6.10 Å². The topological polar surface area (TPSA) is 54.0 Å². The molecule has 0 amide bonds. The van der Waals surface area contributed by atoms with Crippen molar-refractivity contribution >= 4 is 5.97 Å². The number of hydrogen-bond acceptors (Lipinski definition) is 5. The number of methoxy groups -OCH3 is 2. The molecule has 3 atom stereocenters. The van der Waals surface area contributed by atoms with Crippen molar-refractivity contribution in [2.24, 2.45) is 11.8 Å². The normalized spacial score (nSPS) is 28.9. The Balaban J connectivity index is 1.89. The maximum Gasteiger partial charge on any atom is 0.311 e. The summed E-state index contributed by atoms with van der Waals surface area (Å²) in [4.78, 5) is 11.5. The number of carbonyl (C=O) groups excluding carboxylic acids is 1. The van der Waals surface area contributed by atoms with E-state index in [-0.39, 0.29) is 23.9 Å². The fraction of sp³-hybridized carbons (Fsp3) is 0.500. The number of fused-ring (bicyclic) bond motifs is 1. The predicted molar refractivity (Wildman–Crippen MR) is 66.2 cm³/mol. The largest absolute Gasteiger partial charge is 0.493 e. The molecule has 19 heavy (non-hydrogen) atoms. The number of rotatable bonds is 3. The first-order valence-corrected chi connectivity index (χ1v) is 6.24. The van der Waals surface area contributed by atoms with E-state index < -0.39 is 0 Å². The number of esters is 1. The Bertz CT molecular complexity index is 499. The summed E-state index contributed by atoms with van der Waals surface area (Å²) in [5.74, 6) is 1.17. The number of carbonyl (C=O) groups is 1. The Morgan fingerprint density at radius 2 is 1.95 bits per heavy atom. The summed E-state index contributed by atoms with van der Waals surface area (Å²) >= 11 is 0. The quantitative estimate of drug-likeness (QED) is 0.775. The first-order valence-electron chi connectivity index (χ1n) is 6.24. The van der Waals surface area contributed by atoms with Gasteiger partial charge in [0, 0.05) is 5.92 Å². The third-order valence-electron chi connectivity index (χ3n) is 3.82. The molecule has 0 aromatic heterocycles. The van der Waals surface area contributed by atoms with Gasteiger partial charge in [-0.25, -0.2) is 0 Å². The lowest BCUT2D eigenvalue weighted by atomic mass is 9.90. The molecule has 5 nitrogen and oxygen atoms in total. The third-order valence-corrected chi connectivity index (χ3v) is 3.82. The van der Waals surface area contributed by atoms with Crippen LogP contribution in [0.2, 0.25) is 0 Å². The van der Waals surface area contributed by atoms with Gasteiger partial charge in [-0.3, -0.25) is 4.79 Å². The second-order valence-electron chi connectivity index (χ2n) is 4.77. The summed E-state index contributed by atoms with van der Waals surface area (Å²) in [6.45, 7) is 0.866. The highest BCUT2D eigenvalue weighted by atomic mass is 16.6. The van der Waals surface area contributed by atoms with Crippen molar-refractivity contribution in [1.82, 2.24) is 0 Å². The van der Waals surface area contributed by atoms with Gasteiger partial charge in [0.15, 0.2) is 11.5 Å². The summed E-state index contributed by atoms with van der Waals surface area (Å²) < 4.78 is 21.4. The van der Waals surface area contributed by atoms with Gasteiger partial charge in [-0.05, 0) is 17.7 Å². The van der Waals surface area contributed by atoms with Gasteiger partial charge in [0.25, 0.3) is 0 Å². The van der Waals surface area contributed by atoms with Crippen molar-refractivity contribution in [3.8, 4) is 11.5 Å². The van der Waals surface area contributed by atoms with E-state index in [4.69, 9.17) is 18.9 Å². The minimum absolute atomic E-state index is 0.102. The Kier molecular flexibility index (Phi) is 3.06. The molecular weight excluding hydrogens is 248 g/mol. The number of benzene rings is 1. The van der Waals surface area contributed by atoms with Gasteiger partial charge in [0.1, 0.15) is 0 Å². The standard InChI is InChI=1S/C14H16O5/c1-16-11-4-3-8(5-12(11)17-2)13-9-6-19-14(15)10(9)7-18-13/h3-5,9-10,13H,6-7H2,1-2H3/t9-,10-,13+/m0/s1. The van der Waals surface area contributed by atoms with Gasteiger partial charge < -0.3 is 18.9 Å². The Labute approximate surface area is 111 Å². The van der Waals surface area contributed by atoms with Crippen LogP contribution in [0.25, 0.3) is 0 Å². The van der Waals surface area contributed by atoms with Gasteiger partial charge in [0.05, 0.1) is 39.5 Å². The zero-order valence-electron chi connectivity index (χ0n) is 10.9. The zero-order valence-corrected chi connectivity index (χ0v) is 10.9. The first-order chi connectivity index (χ1) is 9.24. The summed E-state index contributed by atoms with van der Waals surface area (Å²) in [6, 6.07) is 5.69. The molecule has 0 radical (unpaired) electrons. The van der Waals surface area contributed by atoms with Crippen molar-refractivity contribution < 1.29 is 23.7 Å². The molecule has 2 aliphatic rings. The van der Waals surface area contributed by atoms with Gasteiger partial charge >= 0.3 is 5.97 Å². The van der Waals surface area contributed by atoms with E-state index in [2.05, 4.69) is 0 Å². The summed E-state index contributed by atoms with van der Waals surface area (Å²) in [7, 11) is 3.20. The van der Waals surface area contributed by atoms with Crippen LogP contribution in [-0.4, -0.2) is 33.4 Å². The molecule has 0 bridgehead atoms. The Morgan fingerprint density at radius 3 is 2.68 bits per heavy atom. The van der Waals surface area contributed by atoms with E-state index in [1.54, 1.807) is 14.2 Å². The van der Waals surface area contributed by atoms with Crippen molar-refractivity contribution in [2.75, 3.05) is 27.4 Å². The van der Waals surface area contributed by atoms with Crippen LogP contribution in [0.4, 0.5) is 0 Å². The lowest BCUT2D eigenvalue weighted by Gasteiger charge is -2.17. The molecule has 102 valence electrons. The molecule has 1 aromatic carbocycles. The Hall–Kier alpha value is -1.75. The monoisotopic (exact) mass is 264 g/mol. The summed E-state index contributed by atoms with van der Waals surface area (Å²) in [6.07, 6.45) is -0.115. The van der Waals surface area contributed by atoms with E-state index in [1.165, 1.54) is 0 Å². The fourth-order valence-electron chi connectivity index (χ4n) is 2.77. The van der Waals surface area contributed by atoms with Crippen LogP contribution >= 0.6 is 0 Å². The molecule has 5 heteroatoms. The van der Waals surface area contributed by atoms with Crippen LogP contribution in [0.3, 0.4) is 0 Å². The minimum atomic E-state index is -0.145. The highest BCUT2D eigenvalue weighted by Crippen LogP contribution is 2.44. The summed E-state index contributed by atoms with van der Waals surface area (Å²) in [5.41, 5.74) is 0.989. The minimum Gasteiger partial charge on any atom is -0.493 e. The van der Waals surface area contributed by atoms with E-state index in [0.29, 0.717) is 24.7 Å². The lowest BCUT2D eigenvalue weighted by Crippen LogP contribution is -2.14. The SMILES string of the molecule is COc1ccc([C@H]2OC[C@@H]3C(=O)OC[C@@H]32)cc1OC. The van der Waals surface area contributed by atoms with Crippen molar-refractivity contribution in [3.63, 3.8) is 0 Å². The average Bonchev–Trinajstić information content (AvgIpc) is 3.01. The van der Waals surface area contributed by atoms with Gasteiger partial charge in [-0.2, -0.15) is 0 Å². The van der Waals surface area contributed by atoms with E-state index in [0.717, 1.165) is 5.56 Å². The molecular formula is C14H16O5. The van der Waals surface area contributed by atoms with Crippen molar-refractivity contribution in [1.29, 1.82) is 0 Å². The van der Waals surface area contributed by atoms with E-state index in [9.17, 15) is 4.79 Å². The first kappa shape index (κ1) is 12.3. The average molecular weight is 264 g/mol. The molecule has 2 fully saturated rings. The molecule has 0 N–H and O–H groups in total. The molecule has 0 saturated carbocycles. The Morgan fingerprint density at radius 1 is 1.16 bits per heavy atom. The smallest absolute Gasteiger partial charge is 0.311 e. The molecule has 2 saturated heterocycles. The van der Waals surface area contributed by atoms with Gasteiger partial charge in [0.2, 0.25) is 0 Å². The van der Waals surface area contributed by atoms with Gasteiger partial charge in [-0.15, -0.1) is 0 Å². The maximum absolute atomic E-state index is 11.5. The number of hydrogen-bond donors (Lipinski definition) is 0. The second kappa shape index (κ2) is 4.74. The molecule has 2 aliphatic heterocycles. The lowest BCUT2D eigenvalue weighted by molar-refractivity contribution is -0.142. The molecule has 0 spiro atoms. The third kappa shape index (κ3) is 1.94. The second-order valence-corrected chi connectivity index (χ2v) is 4.77. The number of ether oxygens (including phenoxy) is 4. The molecule has 0 aliphatic carbocycles. The van der Waals surface area contributed by atoms with E-state index >= 15 is 0 Å². The van der Waals surface area contributed by atoms with Crippen LogP contribution in [0.15, 0.2) is 18.2 Å². The van der Waals surface area contributed by atoms with Crippen LogP contribution in [-0.2, 0) is 14.3 Å². The van der Waals surface area contributed by atoms with Crippen molar-refractivity contribution in [3.05, 3.63) is 23.8 Å². The zero-order chi connectivity index (χ0) is 13.4. The number of cyclic esters (lactones) is 1. The van der Waals surface area contributed by atoms with Crippen LogP contribution in [0.5, 0.6) is 11.5 Å². The summed E-state index contributed by atoms with van der Waals surface area (Å²) in [5, 5.41) is 0. The predicted octanol–water partition coefficient (Wildman–Crippen LogP) is 1.56. The molecule has 1 aromatic rings.